The number of rotatable bonds is 8. The van der Waals surface area contributed by atoms with Crippen LogP contribution in [0.1, 0.15) is 39.5 Å². The van der Waals surface area contributed by atoms with E-state index in [1.165, 1.54) is 0 Å². The number of benzene rings is 1. The van der Waals surface area contributed by atoms with Gasteiger partial charge in [-0.1, -0.05) is 38.5 Å². The molecule has 1 aromatic carbocycles. The van der Waals surface area contributed by atoms with Crippen LogP contribution in [0.2, 0.25) is 0 Å². The number of carbonyl (C=O) groups excluding carboxylic acids is 1. The minimum Gasteiger partial charge on any atom is -0.303 e. The summed E-state index contributed by atoms with van der Waals surface area (Å²) in [7, 11) is 0. The Morgan fingerprint density at radius 1 is 1.28 bits per heavy atom. The lowest BCUT2D eigenvalue weighted by atomic mass is 9.97. The van der Waals surface area contributed by atoms with Crippen LogP contribution in [0.25, 0.3) is 0 Å². The smallest absolute Gasteiger partial charge is 0.120 e. The average molecular weight is 246 g/mol. The normalized spacial score (nSPS) is 14.6. The summed E-state index contributed by atoms with van der Waals surface area (Å²) in [4.78, 5) is 10.5. The molecule has 0 bridgehead atoms. The highest BCUT2D eigenvalue weighted by molar-refractivity contribution is 5.49. The molecule has 1 rings (SSSR count). The summed E-state index contributed by atoms with van der Waals surface area (Å²) in [6.45, 7) is 4.24. The molecule has 0 aliphatic heterocycles. The first-order valence-corrected chi connectivity index (χ1v) is 6.65. The van der Waals surface area contributed by atoms with Crippen LogP contribution in [0, 0.1) is 5.92 Å². The molecule has 0 spiro atoms. The maximum absolute atomic E-state index is 10.5. The van der Waals surface area contributed by atoms with Crippen LogP contribution in [-0.4, -0.2) is 12.3 Å². The summed E-state index contributed by atoms with van der Waals surface area (Å²) in [6, 6.07) is 10.00. The zero-order valence-corrected chi connectivity index (χ0v) is 11.2. The van der Waals surface area contributed by atoms with Crippen molar-refractivity contribution in [3.05, 3.63) is 30.3 Å². The third-order valence-corrected chi connectivity index (χ3v) is 2.89. The molecule has 3 nitrogen and oxygen atoms in total. The van der Waals surface area contributed by atoms with Crippen LogP contribution in [0.5, 0.6) is 0 Å². The largest absolute Gasteiger partial charge is 0.303 e. The van der Waals surface area contributed by atoms with Crippen molar-refractivity contribution >= 4 is 12.0 Å². The first kappa shape index (κ1) is 14.6. The molecule has 0 heterocycles. The predicted octanol–water partition coefficient (Wildman–Crippen LogP) is 4.55. The van der Waals surface area contributed by atoms with Crippen molar-refractivity contribution in [1.29, 1.82) is 0 Å². The van der Waals surface area contributed by atoms with E-state index in [4.69, 9.17) is 0 Å². The molecule has 0 unspecified atom stereocenters. The third kappa shape index (κ3) is 5.71. The Kier molecular flexibility index (Phi) is 6.92. The van der Waals surface area contributed by atoms with E-state index in [9.17, 15) is 4.79 Å². The fourth-order valence-corrected chi connectivity index (χ4v) is 1.92. The number of azo groups is 1. The van der Waals surface area contributed by atoms with E-state index in [0.29, 0.717) is 12.3 Å². The topological polar surface area (TPSA) is 41.8 Å². The zero-order valence-electron chi connectivity index (χ0n) is 11.2. The molecule has 0 radical (unpaired) electrons. The Morgan fingerprint density at radius 3 is 2.61 bits per heavy atom. The zero-order chi connectivity index (χ0) is 13.2. The molecular formula is C15H22N2O. The standard InChI is InChI=1S/C15H22N2O/c1-3-7-15(12-13(2)10-11-18)17-16-14-8-5-4-6-9-14/h4-6,8-9,11,13,15H,3,7,10,12H2,1-2H3/t13-,15-/m0/s1. The third-order valence-electron chi connectivity index (χ3n) is 2.89. The van der Waals surface area contributed by atoms with Gasteiger partial charge in [0.1, 0.15) is 6.29 Å². The van der Waals surface area contributed by atoms with Crippen LogP contribution in [0.4, 0.5) is 5.69 Å². The predicted molar refractivity (Wildman–Crippen MR) is 74.1 cm³/mol. The number of hydrogen-bond donors (Lipinski definition) is 0. The van der Waals surface area contributed by atoms with Gasteiger partial charge in [-0.3, -0.25) is 0 Å². The minimum absolute atomic E-state index is 0.227. The van der Waals surface area contributed by atoms with E-state index in [1.54, 1.807) is 0 Å². The molecular weight excluding hydrogens is 224 g/mol. The molecule has 1 aromatic rings. The molecule has 3 heteroatoms. The summed E-state index contributed by atoms with van der Waals surface area (Å²) in [5, 5.41) is 8.69. The molecule has 0 saturated carbocycles. The maximum atomic E-state index is 10.5. The van der Waals surface area contributed by atoms with Crippen molar-refractivity contribution in [1.82, 2.24) is 0 Å². The van der Waals surface area contributed by atoms with Crippen molar-refractivity contribution in [3.63, 3.8) is 0 Å². The second kappa shape index (κ2) is 8.56. The molecule has 98 valence electrons. The van der Waals surface area contributed by atoms with Gasteiger partial charge in [-0.25, -0.2) is 0 Å². The second-order valence-electron chi connectivity index (χ2n) is 4.74. The molecule has 0 aromatic heterocycles. The summed E-state index contributed by atoms with van der Waals surface area (Å²) in [5.74, 6) is 0.383. The van der Waals surface area contributed by atoms with Crippen molar-refractivity contribution in [2.45, 2.75) is 45.6 Å². The molecule has 18 heavy (non-hydrogen) atoms. The summed E-state index contributed by atoms with van der Waals surface area (Å²) in [5.41, 5.74) is 0.890. The van der Waals surface area contributed by atoms with Crippen LogP contribution >= 0.6 is 0 Å². The van der Waals surface area contributed by atoms with Gasteiger partial charge in [0.15, 0.2) is 0 Å². The summed E-state index contributed by atoms with van der Waals surface area (Å²) < 4.78 is 0. The highest BCUT2D eigenvalue weighted by Gasteiger charge is 2.11. The van der Waals surface area contributed by atoms with Crippen molar-refractivity contribution in [2.24, 2.45) is 16.1 Å². The Bertz CT molecular complexity index is 362. The van der Waals surface area contributed by atoms with Gasteiger partial charge in [0, 0.05) is 6.42 Å². The van der Waals surface area contributed by atoms with E-state index in [2.05, 4.69) is 24.1 Å². The van der Waals surface area contributed by atoms with Crippen LogP contribution in [-0.2, 0) is 4.79 Å². The second-order valence-corrected chi connectivity index (χ2v) is 4.74. The molecule has 0 amide bonds. The molecule has 0 N–H and O–H groups in total. The molecule has 0 aliphatic carbocycles. The van der Waals surface area contributed by atoms with E-state index in [1.807, 2.05) is 30.3 Å². The molecule has 0 fully saturated rings. The van der Waals surface area contributed by atoms with Gasteiger partial charge in [-0.15, -0.1) is 0 Å². The highest BCUT2D eigenvalue weighted by atomic mass is 16.1. The quantitative estimate of drug-likeness (QED) is 0.490. The van der Waals surface area contributed by atoms with Crippen LogP contribution < -0.4 is 0 Å². The Balaban J connectivity index is 2.56. The monoisotopic (exact) mass is 246 g/mol. The van der Waals surface area contributed by atoms with Gasteiger partial charge in [0.25, 0.3) is 0 Å². The Morgan fingerprint density at radius 2 is 2.00 bits per heavy atom. The summed E-state index contributed by atoms with van der Waals surface area (Å²) in [6.07, 6.45) is 4.65. The van der Waals surface area contributed by atoms with Crippen molar-refractivity contribution in [3.8, 4) is 0 Å². The van der Waals surface area contributed by atoms with Gasteiger partial charge in [-0.2, -0.15) is 10.2 Å². The van der Waals surface area contributed by atoms with Gasteiger partial charge in [0.2, 0.25) is 0 Å². The first-order chi connectivity index (χ1) is 8.76. The fourth-order valence-electron chi connectivity index (χ4n) is 1.92. The van der Waals surface area contributed by atoms with E-state index in [0.717, 1.165) is 31.2 Å². The molecule has 0 aliphatic rings. The number of nitrogens with zero attached hydrogens (tertiary/aromatic N) is 2. The van der Waals surface area contributed by atoms with E-state index >= 15 is 0 Å². The fraction of sp³-hybridized carbons (Fsp3) is 0.533. The minimum atomic E-state index is 0.227. The lowest BCUT2D eigenvalue weighted by molar-refractivity contribution is -0.108. The molecule has 0 saturated heterocycles. The van der Waals surface area contributed by atoms with Gasteiger partial charge >= 0.3 is 0 Å². The summed E-state index contributed by atoms with van der Waals surface area (Å²) >= 11 is 0. The maximum Gasteiger partial charge on any atom is 0.120 e. The van der Waals surface area contributed by atoms with Crippen molar-refractivity contribution in [2.75, 3.05) is 0 Å². The lowest BCUT2D eigenvalue weighted by Gasteiger charge is -2.14. The van der Waals surface area contributed by atoms with Gasteiger partial charge in [0.05, 0.1) is 11.7 Å². The average Bonchev–Trinajstić information content (AvgIpc) is 2.38. The Labute approximate surface area is 109 Å². The molecule has 2 atom stereocenters. The Hall–Kier alpha value is -1.51. The highest BCUT2D eigenvalue weighted by Crippen LogP contribution is 2.19. The van der Waals surface area contributed by atoms with E-state index in [-0.39, 0.29) is 6.04 Å². The van der Waals surface area contributed by atoms with Crippen LogP contribution in [0.15, 0.2) is 40.6 Å². The van der Waals surface area contributed by atoms with E-state index < -0.39 is 0 Å². The van der Waals surface area contributed by atoms with Gasteiger partial charge in [-0.05, 0) is 30.9 Å². The van der Waals surface area contributed by atoms with Crippen LogP contribution in [0.3, 0.4) is 0 Å². The lowest BCUT2D eigenvalue weighted by Crippen LogP contribution is -2.09. The van der Waals surface area contributed by atoms with Crippen molar-refractivity contribution < 1.29 is 4.79 Å². The first-order valence-electron chi connectivity index (χ1n) is 6.65. The number of aldehydes is 1. The van der Waals surface area contributed by atoms with Gasteiger partial charge < -0.3 is 4.79 Å². The SMILES string of the molecule is CCC[C@@H](C[C@@H](C)CC=O)N=Nc1ccccc1. The number of carbonyl (C=O) groups is 1. The number of hydrogen-bond acceptors (Lipinski definition) is 3.